The second kappa shape index (κ2) is 19.7. The van der Waals surface area contributed by atoms with Crippen LogP contribution in [0.5, 0.6) is 5.75 Å². The Bertz CT molecular complexity index is 4130. The summed E-state index contributed by atoms with van der Waals surface area (Å²) in [6, 6.07) is 23.6. The minimum Gasteiger partial charge on any atom is -0.494 e. The molecule has 0 atom stereocenters. The standard InChI is InChI=1S/C44H35N11O14S4/c1-24-8-7-17-55(23-24)44-49-42(46-27-10-5-11-28(19-27)70(57,58)59)48-43(50-44)47-32-16-15-31(29-12-6-14-39(41(29)32)72(63,64)65)51-53-35-21-33(45-25(2)56)34(22-37(35)69-3)52-54-36-20-30-26(18-40(36)73(66,67)68)9-4-13-38(30)71(60,61)62/h4-23H,1-3H3,(H6-,45,46,47,48,49,50,53,54,56,57,58,59,60,61,62,63,64,65,66,67,68)/p+1. The monoisotopic (exact) mass is 1070 g/mol. The van der Waals surface area contributed by atoms with Gasteiger partial charge in [0.05, 0.1) is 41.5 Å². The van der Waals surface area contributed by atoms with Gasteiger partial charge >= 0.3 is 17.8 Å². The number of nitrogens with one attached hydrogen (secondary N) is 3. The van der Waals surface area contributed by atoms with Gasteiger partial charge in [0.1, 0.15) is 37.5 Å². The Balaban J connectivity index is 1.21. The van der Waals surface area contributed by atoms with Crippen molar-refractivity contribution in [2.24, 2.45) is 20.5 Å². The molecule has 0 aliphatic carbocycles. The number of hydrogen-bond acceptors (Lipinski definition) is 19. The molecule has 0 saturated heterocycles. The van der Waals surface area contributed by atoms with E-state index in [0.717, 1.165) is 35.9 Å². The van der Waals surface area contributed by atoms with Gasteiger partial charge < -0.3 is 20.7 Å². The summed E-state index contributed by atoms with van der Waals surface area (Å²) in [4.78, 5) is 23.5. The van der Waals surface area contributed by atoms with Crippen molar-refractivity contribution in [3.05, 3.63) is 127 Å². The number of aryl methyl sites for hydroxylation is 1. The van der Waals surface area contributed by atoms with Crippen LogP contribution in [0.2, 0.25) is 0 Å². The zero-order valence-corrected chi connectivity index (χ0v) is 40.9. The molecule has 8 rings (SSSR count). The van der Waals surface area contributed by atoms with E-state index in [1.807, 2.05) is 13.0 Å². The summed E-state index contributed by atoms with van der Waals surface area (Å²) in [6.45, 7) is 2.99. The highest BCUT2D eigenvalue weighted by Crippen LogP contribution is 2.43. The van der Waals surface area contributed by atoms with E-state index < -0.39 is 71.6 Å². The molecule has 0 aliphatic heterocycles. The van der Waals surface area contributed by atoms with Crippen LogP contribution in [0.25, 0.3) is 27.5 Å². The van der Waals surface area contributed by atoms with Gasteiger partial charge in [0.15, 0.2) is 0 Å². The lowest BCUT2D eigenvalue weighted by Gasteiger charge is -2.13. The van der Waals surface area contributed by atoms with Gasteiger partial charge in [0.2, 0.25) is 5.91 Å². The van der Waals surface area contributed by atoms with Gasteiger partial charge in [-0.3, -0.25) is 23.0 Å². The first kappa shape index (κ1) is 51.1. The van der Waals surface area contributed by atoms with Crippen LogP contribution in [0.15, 0.2) is 162 Å². The number of carbonyl (C=O) groups is 1. The van der Waals surface area contributed by atoms with Crippen LogP contribution in [-0.2, 0) is 45.3 Å². The lowest BCUT2D eigenvalue weighted by atomic mass is 10.1. The smallest absolute Gasteiger partial charge is 0.444 e. The third kappa shape index (κ3) is 11.6. The second-order valence-corrected chi connectivity index (χ2v) is 21.1. The third-order valence-electron chi connectivity index (χ3n) is 10.3. The van der Waals surface area contributed by atoms with Crippen LogP contribution in [0.3, 0.4) is 0 Å². The molecule has 1 amide bonds. The molecular weight excluding hydrogens is 1030 g/mol. The number of anilines is 5. The molecule has 0 saturated carbocycles. The van der Waals surface area contributed by atoms with Crippen LogP contribution < -0.4 is 25.3 Å². The molecule has 73 heavy (non-hydrogen) atoms. The van der Waals surface area contributed by atoms with Crippen molar-refractivity contribution < 1.29 is 66.0 Å². The predicted octanol–water partition coefficient (Wildman–Crippen LogP) is 8.03. The average molecular weight is 1070 g/mol. The number of fused-ring (bicyclic) bond motifs is 2. The molecule has 374 valence electrons. The number of ether oxygens (including phenoxy) is 1. The molecule has 8 aromatic rings. The third-order valence-corrected chi connectivity index (χ3v) is 13.8. The largest absolute Gasteiger partial charge is 0.494 e. The Morgan fingerprint density at radius 2 is 1.23 bits per heavy atom. The molecule has 6 aromatic carbocycles. The fourth-order valence-electron chi connectivity index (χ4n) is 7.22. The van der Waals surface area contributed by atoms with E-state index in [4.69, 9.17) is 4.74 Å². The molecule has 0 bridgehead atoms. The van der Waals surface area contributed by atoms with Crippen molar-refractivity contribution in [2.75, 3.05) is 23.1 Å². The minimum absolute atomic E-state index is 0.00738. The van der Waals surface area contributed by atoms with Crippen LogP contribution in [0, 0.1) is 6.92 Å². The molecule has 0 unspecified atom stereocenters. The predicted molar refractivity (Wildman–Crippen MR) is 262 cm³/mol. The maximum Gasteiger partial charge on any atom is 0.444 e. The maximum atomic E-state index is 12.9. The molecule has 0 radical (unpaired) electrons. The summed E-state index contributed by atoms with van der Waals surface area (Å²) in [7, 11) is -18.1. The van der Waals surface area contributed by atoms with Crippen molar-refractivity contribution in [3.8, 4) is 11.7 Å². The summed E-state index contributed by atoms with van der Waals surface area (Å²) in [5, 5.41) is 25.0. The molecular formula is C44H36N11O14S4+. The maximum absolute atomic E-state index is 12.9. The van der Waals surface area contributed by atoms with Gasteiger partial charge in [0, 0.05) is 34.8 Å². The number of aromatic nitrogens is 4. The highest BCUT2D eigenvalue weighted by Gasteiger charge is 2.25. The van der Waals surface area contributed by atoms with Gasteiger partial charge in [-0.2, -0.15) is 33.7 Å². The van der Waals surface area contributed by atoms with Crippen LogP contribution in [0.4, 0.5) is 51.7 Å². The second-order valence-electron chi connectivity index (χ2n) is 15.5. The van der Waals surface area contributed by atoms with E-state index in [1.165, 1.54) is 80.8 Å². The fourth-order valence-corrected chi connectivity index (χ4v) is 9.82. The van der Waals surface area contributed by atoms with E-state index in [1.54, 1.807) is 23.0 Å². The van der Waals surface area contributed by atoms with Crippen LogP contribution >= 0.6 is 0 Å². The average Bonchev–Trinajstić information content (AvgIpc) is 3.31. The lowest BCUT2D eigenvalue weighted by molar-refractivity contribution is -0.603. The number of methoxy groups -OCH3 is 1. The van der Waals surface area contributed by atoms with Gasteiger partial charge in [-0.15, -0.1) is 25.4 Å². The summed E-state index contributed by atoms with van der Waals surface area (Å²) in [6.07, 6.45) is 3.35. The van der Waals surface area contributed by atoms with E-state index in [2.05, 4.69) is 51.4 Å². The fraction of sp³-hybridized carbons (Fsp3) is 0.0682. The molecule has 0 fully saturated rings. The molecule has 2 heterocycles. The van der Waals surface area contributed by atoms with E-state index >= 15 is 0 Å². The lowest BCUT2D eigenvalue weighted by Crippen LogP contribution is -2.33. The Morgan fingerprint density at radius 3 is 1.90 bits per heavy atom. The first-order chi connectivity index (χ1) is 34.3. The molecule has 7 N–H and O–H groups in total. The summed E-state index contributed by atoms with van der Waals surface area (Å²) >= 11 is 0. The number of amides is 1. The molecule has 0 aliphatic rings. The highest BCUT2D eigenvalue weighted by atomic mass is 32.2. The number of pyridine rings is 1. The summed E-state index contributed by atoms with van der Waals surface area (Å²) in [5.74, 6) is -0.912. The summed E-state index contributed by atoms with van der Waals surface area (Å²) in [5.41, 5.74) is 0.187. The first-order valence-corrected chi connectivity index (χ1v) is 26.4. The molecule has 25 nitrogen and oxygen atoms in total. The zero-order chi connectivity index (χ0) is 52.6. The highest BCUT2D eigenvalue weighted by molar-refractivity contribution is 7.86. The van der Waals surface area contributed by atoms with Crippen molar-refractivity contribution in [1.82, 2.24) is 15.0 Å². The van der Waals surface area contributed by atoms with Gasteiger partial charge in [-0.1, -0.05) is 36.4 Å². The Hall–Kier alpha value is -8.29. The number of carbonyl (C=O) groups excluding carboxylic acids is 1. The Kier molecular flexibility index (Phi) is 13.8. The van der Waals surface area contributed by atoms with Crippen molar-refractivity contribution in [2.45, 2.75) is 33.4 Å². The molecule has 29 heteroatoms. The zero-order valence-electron chi connectivity index (χ0n) is 37.6. The number of benzene rings is 6. The summed E-state index contributed by atoms with van der Waals surface area (Å²) < 4.78 is 146. The van der Waals surface area contributed by atoms with Crippen molar-refractivity contribution >= 4 is 120 Å². The van der Waals surface area contributed by atoms with E-state index in [0.29, 0.717) is 0 Å². The number of azo groups is 2. The van der Waals surface area contributed by atoms with Crippen molar-refractivity contribution in [3.63, 3.8) is 0 Å². The normalized spacial score (nSPS) is 12.4. The van der Waals surface area contributed by atoms with Crippen molar-refractivity contribution in [1.29, 1.82) is 0 Å². The Morgan fingerprint density at radius 1 is 0.589 bits per heavy atom. The first-order valence-electron chi connectivity index (χ1n) is 20.6. The Labute approximate surface area is 414 Å². The number of hydrogen-bond donors (Lipinski definition) is 7. The van der Waals surface area contributed by atoms with Gasteiger partial charge in [-0.25, -0.2) is 4.57 Å². The topological polar surface area (TPSA) is 372 Å². The number of nitrogens with zero attached hydrogens (tertiary/aromatic N) is 8. The van der Waals surface area contributed by atoms with E-state index in [-0.39, 0.29) is 79.3 Å². The van der Waals surface area contributed by atoms with Crippen LogP contribution in [0.1, 0.15) is 12.5 Å². The number of rotatable bonds is 15. The van der Waals surface area contributed by atoms with E-state index in [9.17, 15) is 56.7 Å². The van der Waals surface area contributed by atoms with Crippen LogP contribution in [-0.4, -0.2) is 79.9 Å². The van der Waals surface area contributed by atoms with Gasteiger partial charge in [0.25, 0.3) is 40.5 Å². The minimum atomic E-state index is -5.01. The SMILES string of the molecule is COc1cc(N=Nc2cc3c(S(=O)(=O)O)cccc3cc2S(=O)(=O)O)c(NC(C)=O)cc1N=Nc1ccc(Nc2nc(Nc3cccc(S(=O)(=O)O)c3)nc(-[n+]3cccc(C)c3)n2)c2c(S(=O)(=O)O)cccc12. The molecule has 2 aromatic heterocycles. The quantitative estimate of drug-likeness (QED) is 0.0290. The molecule has 0 spiro atoms. The van der Waals surface area contributed by atoms with Gasteiger partial charge in [-0.05, 0) is 94.6 Å².